The first-order valence-corrected chi connectivity index (χ1v) is 9.09. The molecule has 0 radical (unpaired) electrons. The van der Waals surface area contributed by atoms with E-state index in [-0.39, 0.29) is 19.0 Å². The Balaban J connectivity index is 2.26. The zero-order chi connectivity index (χ0) is 20.3. The lowest BCUT2D eigenvalue weighted by molar-refractivity contribution is -0.155. The highest BCUT2D eigenvalue weighted by atomic mass is 16.6. The molecule has 7 nitrogen and oxygen atoms in total. The van der Waals surface area contributed by atoms with Crippen molar-refractivity contribution in [3.8, 4) is 0 Å². The number of benzene rings is 1. The third-order valence-corrected chi connectivity index (χ3v) is 3.60. The summed E-state index contributed by atoms with van der Waals surface area (Å²) in [6.45, 7) is 5.51. The maximum absolute atomic E-state index is 11.8. The molecule has 7 heteroatoms. The van der Waals surface area contributed by atoms with E-state index in [1.165, 1.54) is 0 Å². The van der Waals surface area contributed by atoms with E-state index in [1.54, 1.807) is 0 Å². The second kappa shape index (κ2) is 11.2. The highest BCUT2D eigenvalue weighted by Gasteiger charge is 2.20. The summed E-state index contributed by atoms with van der Waals surface area (Å²) in [6.07, 6.45) is 1.65. The van der Waals surface area contributed by atoms with Crippen LogP contribution in [0.1, 0.15) is 58.4 Å². The van der Waals surface area contributed by atoms with Crippen LogP contribution in [0.25, 0.3) is 0 Å². The first-order chi connectivity index (χ1) is 12.7. The summed E-state index contributed by atoms with van der Waals surface area (Å²) in [5.74, 6) is -1.38. The number of ether oxygens (including phenoxy) is 2. The molecular weight excluding hydrogens is 350 g/mol. The summed E-state index contributed by atoms with van der Waals surface area (Å²) in [7, 11) is 0. The van der Waals surface area contributed by atoms with Crippen LogP contribution >= 0.6 is 0 Å². The summed E-state index contributed by atoms with van der Waals surface area (Å²) in [4.78, 5) is 34.7. The number of hydrogen-bond donors (Lipinski definition) is 2. The molecule has 0 unspecified atom stereocenters. The number of alkyl carbamates (subject to hydrolysis) is 1. The molecule has 0 aliphatic heterocycles. The van der Waals surface area contributed by atoms with Crippen molar-refractivity contribution < 1.29 is 29.0 Å². The Morgan fingerprint density at radius 1 is 1.07 bits per heavy atom. The molecule has 0 aliphatic carbocycles. The van der Waals surface area contributed by atoms with Crippen LogP contribution in [0.3, 0.4) is 0 Å². The third-order valence-electron chi connectivity index (χ3n) is 3.60. The Kier molecular flexibility index (Phi) is 9.33. The Morgan fingerprint density at radius 3 is 2.33 bits per heavy atom. The molecule has 27 heavy (non-hydrogen) atoms. The van der Waals surface area contributed by atoms with Crippen molar-refractivity contribution >= 4 is 18.0 Å². The molecule has 0 bridgehead atoms. The number of rotatable bonds is 10. The van der Waals surface area contributed by atoms with Crippen molar-refractivity contribution in [2.45, 2.75) is 71.1 Å². The van der Waals surface area contributed by atoms with Gasteiger partial charge in [-0.05, 0) is 39.2 Å². The number of nitrogens with one attached hydrogen (secondary N) is 1. The minimum absolute atomic E-state index is 0.0783. The van der Waals surface area contributed by atoms with E-state index in [1.807, 2.05) is 51.1 Å². The highest BCUT2D eigenvalue weighted by Crippen LogP contribution is 2.12. The molecule has 0 heterocycles. The van der Waals surface area contributed by atoms with Crippen molar-refractivity contribution in [1.29, 1.82) is 0 Å². The summed E-state index contributed by atoms with van der Waals surface area (Å²) in [6, 6.07) is 8.11. The number of amides is 1. The Labute approximate surface area is 160 Å². The minimum atomic E-state index is -1.11. The van der Waals surface area contributed by atoms with Gasteiger partial charge in [-0.25, -0.2) is 9.59 Å². The number of aliphatic carboxylic acids is 1. The molecular formula is C20H29NO6. The molecule has 0 aromatic heterocycles. The van der Waals surface area contributed by atoms with Gasteiger partial charge >= 0.3 is 18.0 Å². The van der Waals surface area contributed by atoms with Crippen LogP contribution in [0, 0.1) is 0 Å². The number of hydrogen-bond acceptors (Lipinski definition) is 5. The predicted molar refractivity (Wildman–Crippen MR) is 100 cm³/mol. The van der Waals surface area contributed by atoms with E-state index in [4.69, 9.17) is 9.47 Å². The lowest BCUT2D eigenvalue weighted by Crippen LogP contribution is -2.41. The topological polar surface area (TPSA) is 102 Å². The number of esters is 1. The molecule has 0 spiro atoms. The average molecular weight is 379 g/mol. The first-order valence-electron chi connectivity index (χ1n) is 9.09. The number of carboxylic acid groups (broad SMARTS) is 1. The van der Waals surface area contributed by atoms with Crippen LogP contribution in [0.15, 0.2) is 30.3 Å². The smallest absolute Gasteiger partial charge is 0.408 e. The van der Waals surface area contributed by atoms with Gasteiger partial charge in [-0.15, -0.1) is 0 Å². The van der Waals surface area contributed by atoms with Gasteiger partial charge in [0.15, 0.2) is 0 Å². The largest absolute Gasteiger partial charge is 0.480 e. The molecule has 1 atom stereocenters. The molecule has 1 aromatic carbocycles. The maximum atomic E-state index is 11.8. The lowest BCUT2D eigenvalue weighted by atomic mass is 10.1. The molecule has 2 N–H and O–H groups in total. The number of unbranched alkanes of at least 4 members (excludes halogenated alkanes) is 2. The SMILES string of the molecule is CC(C)(C)OC(=O)CCCCC[C@@H](NC(=O)OCc1ccccc1)C(=O)O. The second-order valence-electron chi connectivity index (χ2n) is 7.28. The van der Waals surface area contributed by atoms with E-state index < -0.39 is 23.7 Å². The third kappa shape index (κ3) is 10.9. The van der Waals surface area contributed by atoms with Crippen LogP contribution < -0.4 is 5.32 Å². The van der Waals surface area contributed by atoms with E-state index in [2.05, 4.69) is 5.32 Å². The predicted octanol–water partition coefficient (Wildman–Crippen LogP) is 3.66. The van der Waals surface area contributed by atoms with Gasteiger partial charge < -0.3 is 19.9 Å². The zero-order valence-corrected chi connectivity index (χ0v) is 16.2. The second-order valence-corrected chi connectivity index (χ2v) is 7.28. The van der Waals surface area contributed by atoms with Gasteiger partial charge in [0.25, 0.3) is 0 Å². The van der Waals surface area contributed by atoms with Crippen molar-refractivity contribution in [2.24, 2.45) is 0 Å². The van der Waals surface area contributed by atoms with Crippen molar-refractivity contribution in [3.63, 3.8) is 0 Å². The van der Waals surface area contributed by atoms with Gasteiger partial charge in [-0.3, -0.25) is 4.79 Å². The van der Waals surface area contributed by atoms with Gasteiger partial charge in [0.1, 0.15) is 18.2 Å². The number of carbonyl (C=O) groups is 3. The standard InChI is InChI=1S/C20H29NO6/c1-20(2,3)27-17(22)13-9-5-8-12-16(18(23)24)21-19(25)26-14-15-10-6-4-7-11-15/h4,6-7,10-11,16H,5,8-9,12-14H2,1-3H3,(H,21,25)(H,23,24)/t16-/m1/s1. The summed E-state index contributed by atoms with van der Waals surface area (Å²) in [5, 5.41) is 11.6. The fourth-order valence-electron chi connectivity index (χ4n) is 2.35. The summed E-state index contributed by atoms with van der Waals surface area (Å²) >= 11 is 0. The molecule has 0 aliphatic rings. The monoisotopic (exact) mass is 379 g/mol. The normalized spacial score (nSPS) is 12.1. The Morgan fingerprint density at radius 2 is 1.74 bits per heavy atom. The Bertz CT molecular complexity index is 609. The molecule has 1 amide bonds. The quantitative estimate of drug-likeness (QED) is 0.475. The van der Waals surface area contributed by atoms with E-state index >= 15 is 0 Å². The summed E-state index contributed by atoms with van der Waals surface area (Å²) in [5.41, 5.74) is 0.317. The van der Waals surface area contributed by atoms with Gasteiger partial charge in [-0.1, -0.05) is 43.2 Å². The molecule has 0 fully saturated rings. The zero-order valence-electron chi connectivity index (χ0n) is 16.2. The summed E-state index contributed by atoms with van der Waals surface area (Å²) < 4.78 is 10.3. The van der Waals surface area contributed by atoms with E-state index in [0.29, 0.717) is 25.7 Å². The van der Waals surface area contributed by atoms with Crippen LogP contribution in [0.2, 0.25) is 0 Å². The van der Waals surface area contributed by atoms with Gasteiger partial charge in [0, 0.05) is 6.42 Å². The van der Waals surface area contributed by atoms with Crippen LogP contribution in [-0.4, -0.2) is 34.8 Å². The Hall–Kier alpha value is -2.57. The van der Waals surface area contributed by atoms with Crippen LogP contribution in [-0.2, 0) is 25.7 Å². The van der Waals surface area contributed by atoms with Crippen molar-refractivity contribution in [1.82, 2.24) is 5.32 Å². The van der Waals surface area contributed by atoms with Gasteiger partial charge in [0.05, 0.1) is 0 Å². The molecule has 0 saturated carbocycles. The molecule has 1 aromatic rings. The van der Waals surface area contributed by atoms with Crippen LogP contribution in [0.4, 0.5) is 4.79 Å². The minimum Gasteiger partial charge on any atom is -0.480 e. The molecule has 1 rings (SSSR count). The van der Waals surface area contributed by atoms with E-state index in [0.717, 1.165) is 5.56 Å². The van der Waals surface area contributed by atoms with Gasteiger partial charge in [0.2, 0.25) is 0 Å². The van der Waals surface area contributed by atoms with Crippen molar-refractivity contribution in [2.75, 3.05) is 0 Å². The van der Waals surface area contributed by atoms with E-state index in [9.17, 15) is 19.5 Å². The first kappa shape index (κ1) is 22.5. The maximum Gasteiger partial charge on any atom is 0.408 e. The van der Waals surface area contributed by atoms with Crippen molar-refractivity contribution in [3.05, 3.63) is 35.9 Å². The highest BCUT2D eigenvalue weighted by molar-refractivity contribution is 5.79. The molecule has 0 saturated heterocycles. The number of carbonyl (C=O) groups excluding carboxylic acids is 2. The average Bonchev–Trinajstić information content (AvgIpc) is 2.57. The van der Waals surface area contributed by atoms with Gasteiger partial charge in [-0.2, -0.15) is 0 Å². The fraction of sp³-hybridized carbons (Fsp3) is 0.550. The lowest BCUT2D eigenvalue weighted by Gasteiger charge is -2.19. The molecule has 150 valence electrons. The number of carboxylic acids is 1. The van der Waals surface area contributed by atoms with Crippen LogP contribution in [0.5, 0.6) is 0 Å². The fourth-order valence-corrected chi connectivity index (χ4v) is 2.35.